The topological polar surface area (TPSA) is 61.8 Å². The van der Waals surface area contributed by atoms with Crippen molar-refractivity contribution in [3.63, 3.8) is 0 Å². The lowest BCUT2D eigenvalue weighted by atomic mass is 10.0. The van der Waals surface area contributed by atoms with Gasteiger partial charge < -0.3 is 14.2 Å². The summed E-state index contributed by atoms with van der Waals surface area (Å²) >= 11 is 0. The molecule has 0 radical (unpaired) electrons. The fraction of sp³-hybridized carbons (Fsp3) is 0.841. The Labute approximate surface area is 424 Å². The lowest BCUT2D eigenvalue weighted by Crippen LogP contribution is -2.30. The smallest absolute Gasteiger partial charge is 0.306 e. The van der Waals surface area contributed by atoms with E-state index in [2.05, 4.69) is 69.4 Å². The largest absolute Gasteiger partial charge is 0.462 e. The van der Waals surface area contributed by atoms with E-state index in [0.717, 1.165) is 70.6 Å². The fourth-order valence-electron chi connectivity index (χ4n) is 8.88. The number of carbonyl (C=O) groups is 2. The Hall–Kier alpha value is -2.14. The van der Waals surface area contributed by atoms with E-state index in [4.69, 9.17) is 14.2 Å². The van der Waals surface area contributed by atoms with Crippen LogP contribution in [0, 0.1) is 0 Å². The van der Waals surface area contributed by atoms with E-state index in [1.807, 2.05) is 0 Å². The number of hydrogen-bond donors (Lipinski definition) is 0. The van der Waals surface area contributed by atoms with E-state index < -0.39 is 6.10 Å². The summed E-state index contributed by atoms with van der Waals surface area (Å²) in [5.41, 5.74) is 0. The standard InChI is InChI=1S/C63H116O5/c1-4-7-10-13-16-19-22-25-28-31-32-34-35-38-41-44-47-50-53-56-62(64)67-60-61(59-66-58-55-52-49-46-43-40-37-30-27-24-21-18-15-12-9-6-3)68-63(65)57-54-51-48-45-42-39-36-33-29-26-23-20-17-14-11-8-5-2/h8,11,17,20,26-27,29-30,61H,4-7,9-10,12-16,18-19,21-25,28,31-60H2,1-3H3/b11-8-,20-17-,29-26-,30-27-. The Morgan fingerprint density at radius 1 is 0.338 bits per heavy atom. The highest BCUT2D eigenvalue weighted by Gasteiger charge is 2.17. The number of allylic oxidation sites excluding steroid dienone is 8. The van der Waals surface area contributed by atoms with E-state index >= 15 is 0 Å². The van der Waals surface area contributed by atoms with Crippen LogP contribution in [0.25, 0.3) is 0 Å². The van der Waals surface area contributed by atoms with Gasteiger partial charge in [-0.25, -0.2) is 0 Å². The highest BCUT2D eigenvalue weighted by molar-refractivity contribution is 5.70. The van der Waals surface area contributed by atoms with Crippen LogP contribution in [-0.2, 0) is 23.8 Å². The van der Waals surface area contributed by atoms with Crippen molar-refractivity contribution in [1.82, 2.24) is 0 Å². The molecule has 0 aliphatic rings. The van der Waals surface area contributed by atoms with Gasteiger partial charge in [-0.05, 0) is 77.0 Å². The van der Waals surface area contributed by atoms with Gasteiger partial charge in [0.1, 0.15) is 6.61 Å². The predicted octanol–water partition coefficient (Wildman–Crippen LogP) is 20.7. The van der Waals surface area contributed by atoms with E-state index in [1.54, 1.807) is 0 Å². The summed E-state index contributed by atoms with van der Waals surface area (Å²) in [5.74, 6) is -0.393. The first-order chi connectivity index (χ1) is 33.6. The van der Waals surface area contributed by atoms with Crippen LogP contribution in [0.1, 0.15) is 316 Å². The van der Waals surface area contributed by atoms with E-state index in [0.29, 0.717) is 19.4 Å². The summed E-state index contributed by atoms with van der Waals surface area (Å²) in [7, 11) is 0. The second kappa shape index (κ2) is 59.2. The first-order valence-corrected chi connectivity index (χ1v) is 30.2. The third-order valence-electron chi connectivity index (χ3n) is 13.3. The molecule has 1 atom stereocenters. The SMILES string of the molecule is CC/C=C\C/C=C\C/C=C\CCCCCCCCCC(=O)OC(COCCCCCCCC/C=C\CCCCCCCC)COC(=O)CCCCCCCCCCCCCCCCCCCCC. The van der Waals surface area contributed by atoms with Crippen LogP contribution in [0.5, 0.6) is 0 Å². The third-order valence-corrected chi connectivity index (χ3v) is 13.3. The Kier molecular flexibility index (Phi) is 57.3. The minimum absolute atomic E-state index is 0.0830. The van der Waals surface area contributed by atoms with Gasteiger partial charge in [0.05, 0.1) is 6.61 Å². The maximum absolute atomic E-state index is 12.9. The fourth-order valence-corrected chi connectivity index (χ4v) is 8.88. The van der Waals surface area contributed by atoms with Crippen molar-refractivity contribution in [2.24, 2.45) is 0 Å². The minimum atomic E-state index is -0.543. The number of unbranched alkanes of at least 4 members (excludes halogenated alkanes) is 37. The molecule has 5 nitrogen and oxygen atoms in total. The Balaban J connectivity index is 4.25. The normalized spacial score (nSPS) is 12.5. The second-order valence-electron chi connectivity index (χ2n) is 20.2. The quantitative estimate of drug-likeness (QED) is 0.0345. The molecule has 0 aromatic rings. The third kappa shape index (κ3) is 56.4. The highest BCUT2D eigenvalue weighted by Crippen LogP contribution is 2.17. The van der Waals surface area contributed by atoms with Crippen molar-refractivity contribution in [2.45, 2.75) is 322 Å². The van der Waals surface area contributed by atoms with Gasteiger partial charge in [-0.2, -0.15) is 0 Å². The molecule has 68 heavy (non-hydrogen) atoms. The number of ether oxygens (including phenoxy) is 3. The molecule has 0 bridgehead atoms. The summed E-state index contributed by atoms with van der Waals surface area (Å²) in [6.07, 6.45) is 74.2. The average Bonchev–Trinajstić information content (AvgIpc) is 3.34. The monoisotopic (exact) mass is 953 g/mol. The molecule has 0 aromatic heterocycles. The molecule has 0 rings (SSSR count). The van der Waals surface area contributed by atoms with Crippen molar-refractivity contribution >= 4 is 11.9 Å². The molecule has 0 heterocycles. The van der Waals surface area contributed by atoms with Crippen molar-refractivity contribution in [3.05, 3.63) is 48.6 Å². The summed E-state index contributed by atoms with van der Waals surface area (Å²) in [4.78, 5) is 25.6. The zero-order valence-electron chi connectivity index (χ0n) is 45.9. The molecule has 0 N–H and O–H groups in total. The van der Waals surface area contributed by atoms with Gasteiger partial charge in [-0.3, -0.25) is 9.59 Å². The van der Waals surface area contributed by atoms with Crippen molar-refractivity contribution in [3.8, 4) is 0 Å². The number of esters is 2. The lowest BCUT2D eigenvalue weighted by Gasteiger charge is -2.18. The second-order valence-corrected chi connectivity index (χ2v) is 20.2. The van der Waals surface area contributed by atoms with Crippen LogP contribution >= 0.6 is 0 Å². The Morgan fingerprint density at radius 2 is 0.662 bits per heavy atom. The summed E-state index contributed by atoms with van der Waals surface area (Å²) in [5, 5.41) is 0. The number of carbonyl (C=O) groups excluding carboxylic acids is 2. The van der Waals surface area contributed by atoms with Gasteiger partial charge in [0.2, 0.25) is 0 Å². The number of hydrogen-bond acceptors (Lipinski definition) is 5. The maximum atomic E-state index is 12.9. The maximum Gasteiger partial charge on any atom is 0.306 e. The van der Waals surface area contributed by atoms with Crippen LogP contribution in [-0.4, -0.2) is 37.9 Å². The van der Waals surface area contributed by atoms with Crippen LogP contribution in [0.2, 0.25) is 0 Å². The minimum Gasteiger partial charge on any atom is -0.462 e. The summed E-state index contributed by atoms with van der Waals surface area (Å²) in [6.45, 7) is 7.75. The molecule has 5 heteroatoms. The molecule has 0 fully saturated rings. The highest BCUT2D eigenvalue weighted by atomic mass is 16.6. The van der Waals surface area contributed by atoms with E-state index in [9.17, 15) is 9.59 Å². The van der Waals surface area contributed by atoms with Gasteiger partial charge in [-0.1, -0.05) is 275 Å². The molecule has 0 saturated carbocycles. The molecule has 1 unspecified atom stereocenters. The van der Waals surface area contributed by atoms with Gasteiger partial charge in [0.15, 0.2) is 6.10 Å². The molecule has 0 saturated heterocycles. The molecule has 398 valence electrons. The van der Waals surface area contributed by atoms with Crippen molar-refractivity contribution in [2.75, 3.05) is 19.8 Å². The van der Waals surface area contributed by atoms with E-state index in [1.165, 1.54) is 212 Å². The molecule has 0 aliphatic carbocycles. The molecule has 0 amide bonds. The Bertz CT molecular complexity index is 1120. The summed E-state index contributed by atoms with van der Waals surface area (Å²) < 4.78 is 17.5. The van der Waals surface area contributed by atoms with Crippen LogP contribution in [0.15, 0.2) is 48.6 Å². The lowest BCUT2D eigenvalue weighted by molar-refractivity contribution is -0.163. The van der Waals surface area contributed by atoms with Gasteiger partial charge in [-0.15, -0.1) is 0 Å². The average molecular weight is 954 g/mol. The number of rotatable bonds is 56. The van der Waals surface area contributed by atoms with E-state index in [-0.39, 0.29) is 25.2 Å². The molecule has 0 aromatic carbocycles. The van der Waals surface area contributed by atoms with Gasteiger partial charge >= 0.3 is 11.9 Å². The summed E-state index contributed by atoms with van der Waals surface area (Å²) in [6, 6.07) is 0. The first kappa shape index (κ1) is 65.9. The van der Waals surface area contributed by atoms with Gasteiger partial charge in [0, 0.05) is 19.4 Å². The van der Waals surface area contributed by atoms with Crippen LogP contribution in [0.4, 0.5) is 0 Å². The predicted molar refractivity (Wildman–Crippen MR) is 298 cm³/mol. The molecular formula is C63H116O5. The molecular weight excluding hydrogens is 837 g/mol. The van der Waals surface area contributed by atoms with Gasteiger partial charge in [0.25, 0.3) is 0 Å². The Morgan fingerprint density at radius 3 is 1.07 bits per heavy atom. The molecule has 0 spiro atoms. The van der Waals surface area contributed by atoms with Crippen LogP contribution in [0.3, 0.4) is 0 Å². The van der Waals surface area contributed by atoms with Crippen molar-refractivity contribution < 1.29 is 23.8 Å². The molecule has 0 aliphatic heterocycles. The zero-order chi connectivity index (χ0) is 49.2. The van der Waals surface area contributed by atoms with Crippen LogP contribution < -0.4 is 0 Å². The zero-order valence-corrected chi connectivity index (χ0v) is 45.9. The van der Waals surface area contributed by atoms with Crippen molar-refractivity contribution in [1.29, 1.82) is 0 Å². The first-order valence-electron chi connectivity index (χ1n) is 30.2.